The van der Waals surface area contributed by atoms with Crippen LogP contribution < -0.4 is 18.9 Å². The molecule has 0 spiro atoms. The predicted octanol–water partition coefficient (Wildman–Crippen LogP) is 2.85. The zero-order valence-corrected chi connectivity index (χ0v) is 21.0. The van der Waals surface area contributed by atoms with Gasteiger partial charge in [-0.25, -0.2) is 31.9 Å². The second-order valence-electron chi connectivity index (χ2n) is 6.88. The molecule has 0 aliphatic heterocycles. The SMILES string of the molecule is COC(=O)c1cccc(C(F)F)c1.COC(=O)c1cccc(C=O)c1.O=C(O)c1cccc(C(F)F)c1.[Li+].[OH-]. The van der Waals surface area contributed by atoms with Crippen molar-refractivity contribution in [3.8, 4) is 0 Å². The smallest absolute Gasteiger partial charge is 0.870 e. The van der Waals surface area contributed by atoms with Crippen molar-refractivity contribution in [2.45, 2.75) is 12.9 Å². The molecule has 13 heteroatoms. The molecule has 0 saturated heterocycles. The van der Waals surface area contributed by atoms with E-state index in [9.17, 15) is 36.7 Å². The number of hydrogen-bond donors (Lipinski definition) is 1. The fourth-order valence-electron chi connectivity index (χ4n) is 2.58. The van der Waals surface area contributed by atoms with Gasteiger partial charge in [-0.05, 0) is 36.4 Å². The number of aromatic carboxylic acids is 1. The molecule has 0 aliphatic rings. The van der Waals surface area contributed by atoms with Gasteiger partial charge in [0.25, 0.3) is 12.9 Å². The molecule has 0 atom stereocenters. The molecule has 3 aromatic rings. The maximum Gasteiger partial charge on any atom is 1.00 e. The van der Waals surface area contributed by atoms with Crippen molar-refractivity contribution in [3.63, 3.8) is 0 Å². The number of carboxylic acids is 1. The Morgan fingerprint density at radius 2 is 1.10 bits per heavy atom. The minimum absolute atomic E-state index is 0. The standard InChI is InChI=1S/C9H8F2O2.C9H8O3.C8H6F2O2.Li.H2O/c1-13-9(12)7-4-2-3-6(5-7)8(10)11;1-12-9(11)8-4-2-3-7(5-8)6-10;9-7(10)5-2-1-3-6(4-5)8(11)12;;/h2-5,8H,1H3;2-6H,1H3;1-4,7H,(H,11,12);;1H2/q;;;+1;/p-1. The fourth-order valence-corrected chi connectivity index (χ4v) is 2.58. The van der Waals surface area contributed by atoms with Gasteiger partial charge in [0.15, 0.2) is 0 Å². The number of carbonyl (C=O) groups excluding carboxylic acids is 3. The minimum Gasteiger partial charge on any atom is -0.870 e. The third-order valence-corrected chi connectivity index (χ3v) is 4.39. The van der Waals surface area contributed by atoms with Gasteiger partial charge < -0.3 is 20.1 Å². The van der Waals surface area contributed by atoms with Crippen molar-refractivity contribution in [1.82, 2.24) is 0 Å². The van der Waals surface area contributed by atoms with E-state index in [2.05, 4.69) is 9.47 Å². The average Bonchev–Trinajstić information content (AvgIpc) is 2.92. The molecule has 8 nitrogen and oxygen atoms in total. The molecule has 0 radical (unpaired) electrons. The number of aldehydes is 1. The van der Waals surface area contributed by atoms with E-state index in [0.29, 0.717) is 17.4 Å². The van der Waals surface area contributed by atoms with Crippen LogP contribution in [0.5, 0.6) is 0 Å². The summed E-state index contributed by atoms with van der Waals surface area (Å²) < 4.78 is 57.2. The molecule has 0 aromatic heterocycles. The Bertz CT molecular complexity index is 1220. The van der Waals surface area contributed by atoms with Crippen molar-refractivity contribution >= 4 is 24.2 Å². The van der Waals surface area contributed by atoms with Gasteiger partial charge in [0.2, 0.25) is 0 Å². The fraction of sp³-hybridized carbons (Fsp3) is 0.154. The number of alkyl halides is 4. The molecule has 3 aromatic carbocycles. The van der Waals surface area contributed by atoms with Crippen LogP contribution >= 0.6 is 0 Å². The average molecular weight is 546 g/mol. The minimum atomic E-state index is -2.62. The maximum absolute atomic E-state index is 12.2. The molecule has 204 valence electrons. The second kappa shape index (κ2) is 19.1. The Kier molecular flexibility index (Phi) is 18.2. The number of carboxylic acid groups (broad SMARTS) is 1. The van der Waals surface area contributed by atoms with Gasteiger partial charge >= 0.3 is 36.8 Å². The maximum atomic E-state index is 12.2. The number of methoxy groups -OCH3 is 2. The number of esters is 2. The summed E-state index contributed by atoms with van der Waals surface area (Å²) in [6.45, 7) is 0. The Labute approximate surface area is 233 Å². The van der Waals surface area contributed by atoms with Crippen LogP contribution in [0.1, 0.15) is 65.4 Å². The topological polar surface area (TPSA) is 137 Å². The summed E-state index contributed by atoms with van der Waals surface area (Å²) in [7, 11) is 2.51. The summed E-state index contributed by atoms with van der Waals surface area (Å²) >= 11 is 0. The molecule has 0 amide bonds. The van der Waals surface area contributed by atoms with Crippen LogP contribution in [0.2, 0.25) is 0 Å². The van der Waals surface area contributed by atoms with Gasteiger partial charge in [0.1, 0.15) is 6.29 Å². The Hall–Kier alpha value is -3.98. The van der Waals surface area contributed by atoms with Gasteiger partial charge in [-0.1, -0.05) is 36.4 Å². The Morgan fingerprint density at radius 3 is 1.49 bits per heavy atom. The Morgan fingerprint density at radius 1 is 0.718 bits per heavy atom. The second-order valence-corrected chi connectivity index (χ2v) is 6.88. The molecule has 0 saturated carbocycles. The van der Waals surface area contributed by atoms with E-state index < -0.39 is 30.8 Å². The molecule has 39 heavy (non-hydrogen) atoms. The van der Waals surface area contributed by atoms with Crippen LogP contribution in [0.25, 0.3) is 0 Å². The first-order chi connectivity index (χ1) is 17.5. The van der Waals surface area contributed by atoms with E-state index >= 15 is 0 Å². The predicted molar refractivity (Wildman–Crippen MR) is 126 cm³/mol. The van der Waals surface area contributed by atoms with Crippen molar-refractivity contribution in [2.24, 2.45) is 0 Å². The first-order valence-electron chi connectivity index (χ1n) is 10.2. The number of halogens is 4. The Balaban J connectivity index is 0. The van der Waals surface area contributed by atoms with Gasteiger partial charge in [-0.15, -0.1) is 0 Å². The first kappa shape index (κ1) is 37.2. The van der Waals surface area contributed by atoms with Crippen molar-refractivity contribution < 1.29 is 75.7 Å². The monoisotopic (exact) mass is 546 g/mol. The molecule has 3 rings (SSSR count). The molecule has 2 N–H and O–H groups in total. The third kappa shape index (κ3) is 12.9. The van der Waals surface area contributed by atoms with E-state index in [1.54, 1.807) is 18.2 Å². The molecule has 0 aliphatic carbocycles. The van der Waals surface area contributed by atoms with Crippen LogP contribution in [0.15, 0.2) is 72.8 Å². The largest absolute Gasteiger partial charge is 1.00 e. The summed E-state index contributed by atoms with van der Waals surface area (Å²) in [6.07, 6.45) is -4.50. The van der Waals surface area contributed by atoms with Crippen molar-refractivity contribution in [2.75, 3.05) is 14.2 Å². The van der Waals surface area contributed by atoms with Crippen LogP contribution in [0, 0.1) is 0 Å². The number of carbonyl (C=O) groups is 4. The van der Waals surface area contributed by atoms with Gasteiger partial charge in [-0.3, -0.25) is 4.79 Å². The zero-order chi connectivity index (χ0) is 28.0. The molecule has 0 heterocycles. The number of rotatable bonds is 6. The van der Waals surface area contributed by atoms with Crippen LogP contribution in [-0.4, -0.2) is 49.0 Å². The number of ether oxygens (including phenoxy) is 2. The summed E-state index contributed by atoms with van der Waals surface area (Å²) in [4.78, 5) is 42.5. The summed E-state index contributed by atoms with van der Waals surface area (Å²) in [6, 6.07) is 16.3. The number of benzene rings is 3. The van der Waals surface area contributed by atoms with E-state index in [0.717, 1.165) is 12.1 Å². The molecule has 0 unspecified atom stereocenters. The van der Waals surface area contributed by atoms with E-state index in [4.69, 9.17) is 5.11 Å². The molecule has 0 fully saturated rings. The summed E-state index contributed by atoms with van der Waals surface area (Å²) in [5.41, 5.74) is 0.436. The van der Waals surface area contributed by atoms with Crippen LogP contribution in [0.3, 0.4) is 0 Å². The van der Waals surface area contributed by atoms with Crippen molar-refractivity contribution in [1.29, 1.82) is 0 Å². The third-order valence-electron chi connectivity index (χ3n) is 4.39. The summed E-state index contributed by atoms with van der Waals surface area (Å²) in [5.74, 6) is -2.24. The summed E-state index contributed by atoms with van der Waals surface area (Å²) in [5, 5.41) is 8.45. The zero-order valence-electron chi connectivity index (χ0n) is 21.0. The van der Waals surface area contributed by atoms with Crippen molar-refractivity contribution in [3.05, 3.63) is 106 Å². The van der Waals surface area contributed by atoms with Gasteiger partial charge in [-0.2, -0.15) is 0 Å². The molecule has 0 bridgehead atoms. The molecular weight excluding hydrogens is 523 g/mol. The van der Waals surface area contributed by atoms with E-state index in [1.165, 1.54) is 56.7 Å². The van der Waals surface area contributed by atoms with E-state index in [1.807, 2.05) is 0 Å². The first-order valence-corrected chi connectivity index (χ1v) is 10.2. The van der Waals surface area contributed by atoms with Crippen LogP contribution in [0.4, 0.5) is 17.6 Å². The van der Waals surface area contributed by atoms with Crippen LogP contribution in [-0.2, 0) is 9.47 Å². The molecular formula is C26H23F4LiO8. The van der Waals surface area contributed by atoms with E-state index in [-0.39, 0.29) is 46.6 Å². The normalized spacial score (nSPS) is 9.33. The van der Waals surface area contributed by atoms with Gasteiger partial charge in [0, 0.05) is 16.7 Å². The quantitative estimate of drug-likeness (QED) is 0.216. The number of hydrogen-bond acceptors (Lipinski definition) is 7. The van der Waals surface area contributed by atoms with Gasteiger partial charge in [0.05, 0.1) is 30.9 Å².